The number of hydrogen-bond acceptors (Lipinski definition) is 2. The second-order valence-corrected chi connectivity index (χ2v) is 3.57. The fourth-order valence-corrected chi connectivity index (χ4v) is 1.14. The minimum absolute atomic E-state index is 3.40. The number of halogens is 12. The van der Waals surface area contributed by atoms with E-state index in [-0.39, 0.29) is 0 Å². The molecule has 0 saturated heterocycles. The highest BCUT2D eigenvalue weighted by Crippen LogP contribution is 2.46. The van der Waals surface area contributed by atoms with Gasteiger partial charge in [-0.25, -0.2) is 0 Å². The van der Waals surface area contributed by atoms with Crippen LogP contribution in [0, 0.1) is 0 Å². The molecule has 0 spiro atoms. The number of rotatable bonds is 1. The molecule has 2 nitrogen and oxygen atoms in total. The van der Waals surface area contributed by atoms with E-state index in [1.165, 1.54) is 0 Å². The highest BCUT2D eigenvalue weighted by molar-refractivity contribution is 5.46. The molecule has 0 unspecified atom stereocenters. The maximum Gasteiger partial charge on any atom is 0.431 e. The van der Waals surface area contributed by atoms with Crippen molar-refractivity contribution in [3.8, 4) is 0 Å². The van der Waals surface area contributed by atoms with Gasteiger partial charge >= 0.3 is 24.7 Å². The summed E-state index contributed by atoms with van der Waals surface area (Å²) < 4.78 is 147. The summed E-state index contributed by atoms with van der Waals surface area (Å²) in [6.45, 7) is 0. The number of hydrogen-bond donors (Lipinski definition) is 2. The molecule has 0 amide bonds. The first-order valence-electron chi connectivity index (χ1n) is 4.60. The summed E-state index contributed by atoms with van der Waals surface area (Å²) in [4.78, 5) is 0. The minimum atomic E-state index is -6.50. The molecule has 0 heterocycles. The van der Waals surface area contributed by atoms with Crippen LogP contribution < -0.4 is 11.5 Å². The van der Waals surface area contributed by atoms with Gasteiger partial charge in [-0.1, -0.05) is 0 Å². The van der Waals surface area contributed by atoms with E-state index in [1.54, 1.807) is 0 Å². The van der Waals surface area contributed by atoms with Gasteiger partial charge in [0.25, 0.3) is 0 Å². The van der Waals surface area contributed by atoms with E-state index in [4.69, 9.17) is 0 Å². The van der Waals surface area contributed by atoms with Crippen LogP contribution in [0.25, 0.3) is 0 Å². The Bertz CT molecular complexity index is 437. The van der Waals surface area contributed by atoms with Crippen molar-refractivity contribution < 1.29 is 52.7 Å². The lowest BCUT2D eigenvalue weighted by Crippen LogP contribution is -2.36. The molecule has 22 heavy (non-hydrogen) atoms. The summed E-state index contributed by atoms with van der Waals surface area (Å²) in [5, 5.41) is 0. The molecule has 0 bridgehead atoms. The predicted octanol–water partition coefficient (Wildman–Crippen LogP) is 3.66. The zero-order valence-electron chi connectivity index (χ0n) is 9.69. The molecule has 0 atom stereocenters. The standard InChI is InChI=1S/C8H4F12N2/c9-5(10,11)1(3(21)7(15,16)17)2(6(12,13)14)4(22)8(18,19)20/h21-22H2/b3-1-,4-2-. The molecule has 130 valence electrons. The van der Waals surface area contributed by atoms with Crippen molar-refractivity contribution in [3.63, 3.8) is 0 Å². The highest BCUT2D eigenvalue weighted by Gasteiger charge is 2.56. The zero-order valence-corrected chi connectivity index (χ0v) is 9.69. The van der Waals surface area contributed by atoms with Crippen molar-refractivity contribution in [2.45, 2.75) is 24.7 Å². The van der Waals surface area contributed by atoms with Gasteiger partial charge in [0.2, 0.25) is 0 Å². The molecule has 4 N–H and O–H groups in total. The molecule has 0 aliphatic carbocycles. The maximum absolute atomic E-state index is 12.4. The largest absolute Gasteiger partial charge is 0.431 e. The van der Waals surface area contributed by atoms with E-state index in [9.17, 15) is 52.7 Å². The Balaban J connectivity index is 6.95. The molecular weight excluding hydrogens is 352 g/mol. The summed E-state index contributed by atoms with van der Waals surface area (Å²) in [6, 6.07) is 0. The van der Waals surface area contributed by atoms with E-state index < -0.39 is 47.2 Å². The van der Waals surface area contributed by atoms with Gasteiger partial charge in [-0.05, 0) is 0 Å². The van der Waals surface area contributed by atoms with Crippen molar-refractivity contribution in [1.82, 2.24) is 0 Å². The Kier molecular flexibility index (Phi) is 5.02. The Morgan fingerprint density at radius 1 is 0.409 bits per heavy atom. The first-order chi connectivity index (χ1) is 9.31. The predicted molar refractivity (Wildman–Crippen MR) is 46.6 cm³/mol. The monoisotopic (exact) mass is 356 g/mol. The summed E-state index contributed by atoms with van der Waals surface area (Å²) in [5.41, 5.74) is -6.46. The van der Waals surface area contributed by atoms with Crippen molar-refractivity contribution in [2.24, 2.45) is 11.5 Å². The van der Waals surface area contributed by atoms with Crippen LogP contribution in [0.5, 0.6) is 0 Å². The molecule has 0 radical (unpaired) electrons. The smallest absolute Gasteiger partial charge is 0.394 e. The third-order valence-corrected chi connectivity index (χ3v) is 1.97. The first kappa shape index (κ1) is 20.2. The van der Waals surface area contributed by atoms with Crippen LogP contribution in [0.1, 0.15) is 0 Å². The van der Waals surface area contributed by atoms with Gasteiger partial charge in [0.15, 0.2) is 0 Å². The lowest BCUT2D eigenvalue weighted by Gasteiger charge is -2.23. The van der Waals surface area contributed by atoms with Crippen molar-refractivity contribution in [1.29, 1.82) is 0 Å². The summed E-state index contributed by atoms with van der Waals surface area (Å²) in [5.74, 6) is 0. The van der Waals surface area contributed by atoms with Crippen LogP contribution >= 0.6 is 0 Å². The van der Waals surface area contributed by atoms with E-state index in [1.807, 2.05) is 0 Å². The number of nitrogens with two attached hydrogens (primary N) is 2. The van der Waals surface area contributed by atoms with Crippen molar-refractivity contribution in [3.05, 3.63) is 22.5 Å². The molecule has 14 heteroatoms. The van der Waals surface area contributed by atoms with Gasteiger partial charge in [0.1, 0.15) is 11.4 Å². The minimum Gasteiger partial charge on any atom is -0.394 e. The molecule has 0 aromatic rings. The molecular formula is C8H4F12N2. The van der Waals surface area contributed by atoms with Crippen molar-refractivity contribution >= 4 is 0 Å². The summed E-state index contributed by atoms with van der Waals surface area (Å²) >= 11 is 0. The van der Waals surface area contributed by atoms with E-state index in [0.717, 1.165) is 0 Å². The van der Waals surface area contributed by atoms with E-state index >= 15 is 0 Å². The van der Waals surface area contributed by atoms with Gasteiger partial charge in [-0.2, -0.15) is 52.7 Å². The Morgan fingerprint density at radius 2 is 0.591 bits per heavy atom. The highest BCUT2D eigenvalue weighted by atomic mass is 19.4. The van der Waals surface area contributed by atoms with Gasteiger partial charge in [-0.3, -0.25) is 0 Å². The third-order valence-electron chi connectivity index (χ3n) is 1.97. The molecule has 0 aromatic heterocycles. The molecule has 0 rings (SSSR count). The van der Waals surface area contributed by atoms with Gasteiger partial charge in [0, 0.05) is 0 Å². The van der Waals surface area contributed by atoms with Crippen molar-refractivity contribution in [2.75, 3.05) is 0 Å². The van der Waals surface area contributed by atoms with Crippen LogP contribution in [-0.2, 0) is 0 Å². The van der Waals surface area contributed by atoms with Crippen LogP contribution in [0.4, 0.5) is 52.7 Å². The average molecular weight is 356 g/mol. The Labute approximate surface area is 113 Å². The summed E-state index contributed by atoms with van der Waals surface area (Å²) in [7, 11) is 0. The average Bonchev–Trinajstić information content (AvgIpc) is 2.17. The normalized spacial score (nSPS) is 17.1. The molecule has 0 aliphatic heterocycles. The number of allylic oxidation sites excluding steroid dienone is 4. The lowest BCUT2D eigenvalue weighted by molar-refractivity contribution is -0.136. The fraction of sp³-hybridized carbons (Fsp3) is 0.500. The topological polar surface area (TPSA) is 52.0 Å². The zero-order chi connectivity index (χ0) is 18.3. The van der Waals surface area contributed by atoms with E-state index in [2.05, 4.69) is 11.5 Å². The molecule has 0 saturated carbocycles. The van der Waals surface area contributed by atoms with Gasteiger partial charge in [0.05, 0.1) is 11.1 Å². The quantitative estimate of drug-likeness (QED) is 0.557. The molecule has 0 aromatic carbocycles. The van der Waals surface area contributed by atoms with Crippen LogP contribution in [-0.4, -0.2) is 24.7 Å². The Hall–Kier alpha value is -1.76. The SMILES string of the molecule is N/C(=C(/C(=C(/N)C(F)(F)F)C(F)(F)F)C(F)(F)F)C(F)(F)F. The second kappa shape index (κ2) is 5.46. The maximum atomic E-state index is 12.4. The molecule has 0 aliphatic rings. The summed E-state index contributed by atoms with van der Waals surface area (Å²) in [6.07, 6.45) is -25.3. The molecule has 0 fully saturated rings. The van der Waals surface area contributed by atoms with Gasteiger partial charge < -0.3 is 11.5 Å². The third kappa shape index (κ3) is 4.62. The van der Waals surface area contributed by atoms with Crippen LogP contribution in [0.15, 0.2) is 22.5 Å². The lowest BCUT2D eigenvalue weighted by atomic mass is 9.99. The van der Waals surface area contributed by atoms with Gasteiger partial charge in [-0.15, -0.1) is 0 Å². The second-order valence-electron chi connectivity index (χ2n) is 3.57. The fourth-order valence-electron chi connectivity index (χ4n) is 1.14. The first-order valence-corrected chi connectivity index (χ1v) is 4.60. The van der Waals surface area contributed by atoms with Crippen LogP contribution in [0.3, 0.4) is 0 Å². The Morgan fingerprint density at radius 3 is 0.682 bits per heavy atom. The van der Waals surface area contributed by atoms with E-state index in [0.29, 0.717) is 0 Å². The number of alkyl halides is 12. The van der Waals surface area contributed by atoms with Crippen LogP contribution in [0.2, 0.25) is 0 Å².